The molecule has 4 heteroatoms. The molecule has 0 aliphatic carbocycles. The summed E-state index contributed by atoms with van der Waals surface area (Å²) in [6, 6.07) is 0. The maximum atomic E-state index is 2.63. The summed E-state index contributed by atoms with van der Waals surface area (Å²) in [6.07, 6.45) is 62.0. The van der Waals surface area contributed by atoms with Crippen LogP contribution < -0.4 is 0 Å². The Morgan fingerprint density at radius 2 is 0.614 bits per heavy atom. The fraction of sp³-hybridized carbons (Fsp3) is 0.925. The van der Waals surface area contributed by atoms with E-state index in [0.717, 1.165) is 5.92 Å². The lowest BCUT2D eigenvalue weighted by Gasteiger charge is -2.22. The van der Waals surface area contributed by atoms with Gasteiger partial charge in [0.05, 0.1) is 0 Å². The number of allylic oxidation sites excluding steroid dienone is 4. The third kappa shape index (κ3) is 48.6. The third-order valence-corrected chi connectivity index (χ3v) is 14.6. The van der Waals surface area contributed by atoms with Gasteiger partial charge in [-0.2, -0.15) is 0 Å². The average Bonchev–Trinajstić information content (AvgIpc) is 3.21. The van der Waals surface area contributed by atoms with Gasteiger partial charge in [-0.3, -0.25) is 0 Å². The molecule has 0 N–H and O–H groups in total. The van der Waals surface area contributed by atoms with E-state index in [1.807, 2.05) is 0 Å². The summed E-state index contributed by atoms with van der Waals surface area (Å²) < 4.78 is 0. The van der Waals surface area contributed by atoms with Crippen LogP contribution in [0.4, 0.5) is 0 Å². The molecular weight excluding hydrogens is 729 g/mol. The molecule has 1 unspecified atom stereocenters. The Hall–Kier alpha value is 0.100. The number of hydrogen-bond acceptors (Lipinski definition) is 4. The first-order valence-electron chi connectivity index (χ1n) is 26.0. The second-order valence-corrected chi connectivity index (χ2v) is 20.8. The van der Waals surface area contributed by atoms with Gasteiger partial charge in [0, 0.05) is 24.6 Å². The fourth-order valence-corrected chi connectivity index (χ4v) is 10.2. The van der Waals surface area contributed by atoms with Crippen LogP contribution in [0.3, 0.4) is 0 Å². The number of rotatable bonds is 49. The molecule has 0 aliphatic rings. The molecule has 0 aliphatic heterocycles. The molecule has 0 rings (SSSR count). The van der Waals surface area contributed by atoms with Gasteiger partial charge < -0.3 is 9.80 Å². The van der Waals surface area contributed by atoms with Crippen LogP contribution in [-0.2, 0) is 0 Å². The Labute approximate surface area is 370 Å². The minimum Gasteiger partial charge on any atom is -0.306 e. The van der Waals surface area contributed by atoms with E-state index < -0.39 is 0 Å². The van der Waals surface area contributed by atoms with Crippen LogP contribution in [0.25, 0.3) is 0 Å². The van der Waals surface area contributed by atoms with Crippen molar-refractivity contribution in [2.24, 2.45) is 5.92 Å². The van der Waals surface area contributed by atoms with Crippen LogP contribution in [0.5, 0.6) is 0 Å². The molecule has 0 heterocycles. The Kier molecular flexibility index (Phi) is 50.5. The minimum atomic E-state index is 0.942. The molecular formula is C53H106N2S2. The van der Waals surface area contributed by atoms with Crippen LogP contribution in [0.1, 0.15) is 258 Å². The van der Waals surface area contributed by atoms with E-state index in [1.165, 1.54) is 275 Å². The van der Waals surface area contributed by atoms with Crippen molar-refractivity contribution < 1.29 is 0 Å². The zero-order chi connectivity index (χ0) is 41.4. The van der Waals surface area contributed by atoms with Gasteiger partial charge >= 0.3 is 0 Å². The van der Waals surface area contributed by atoms with E-state index in [9.17, 15) is 0 Å². The lowest BCUT2D eigenvalue weighted by Crippen LogP contribution is -2.24. The van der Waals surface area contributed by atoms with Gasteiger partial charge in [0.1, 0.15) is 0 Å². The number of nitrogens with zero attached hydrogens (tertiary/aromatic N) is 2. The van der Waals surface area contributed by atoms with Gasteiger partial charge in [-0.15, -0.1) is 0 Å². The van der Waals surface area contributed by atoms with Crippen LogP contribution in [0.2, 0.25) is 0 Å². The van der Waals surface area contributed by atoms with Gasteiger partial charge in [0.2, 0.25) is 0 Å². The molecule has 0 saturated carbocycles. The summed E-state index contributed by atoms with van der Waals surface area (Å²) >= 11 is 0. The largest absolute Gasteiger partial charge is 0.306 e. The number of unbranched alkanes of at least 4 members (excludes halogenated alkanes) is 29. The Balaban J connectivity index is 3.91. The lowest BCUT2D eigenvalue weighted by molar-refractivity contribution is 0.291. The standard InChI is InChI=1S/C53H106N2S2/c1-6-9-12-15-18-20-22-24-26-28-30-32-34-37-40-43-47-54(4)49-51-56-57-52-50-55(5)48-46-53(44-41-38-35-17-14-11-8-3)45-42-39-36-33-31-29-27-25-23-21-19-16-13-10-7-2/h24-27,53H,6-23,28-52H2,1-5H3/b26-24-,27-25?. The first-order chi connectivity index (χ1) is 28.1. The highest BCUT2D eigenvalue weighted by molar-refractivity contribution is 8.76. The molecule has 0 bridgehead atoms. The SMILES string of the molecule is CCCCCCCCC=CCCCCCCCC(CCCCCCCCC)CCN(C)CCSSCCN(C)CCCCCCCC/C=C\CCCCCCCC. The van der Waals surface area contributed by atoms with Crippen molar-refractivity contribution in [3.63, 3.8) is 0 Å². The van der Waals surface area contributed by atoms with Crippen molar-refractivity contribution >= 4 is 21.6 Å². The van der Waals surface area contributed by atoms with Gasteiger partial charge in [-0.05, 0) is 97.3 Å². The molecule has 0 aromatic rings. The zero-order valence-electron chi connectivity index (χ0n) is 40.0. The van der Waals surface area contributed by atoms with Crippen molar-refractivity contribution in [3.8, 4) is 0 Å². The summed E-state index contributed by atoms with van der Waals surface area (Å²) in [5.74, 6) is 3.46. The molecule has 0 fully saturated rings. The van der Waals surface area contributed by atoms with E-state index in [4.69, 9.17) is 0 Å². The zero-order valence-corrected chi connectivity index (χ0v) is 41.6. The van der Waals surface area contributed by atoms with Crippen LogP contribution in [0.15, 0.2) is 24.3 Å². The summed E-state index contributed by atoms with van der Waals surface area (Å²) in [5, 5.41) is 0. The van der Waals surface area contributed by atoms with E-state index in [-0.39, 0.29) is 0 Å². The van der Waals surface area contributed by atoms with Gasteiger partial charge in [0.25, 0.3) is 0 Å². The summed E-state index contributed by atoms with van der Waals surface area (Å²) in [6.45, 7) is 12.0. The second-order valence-electron chi connectivity index (χ2n) is 18.1. The lowest BCUT2D eigenvalue weighted by atomic mass is 9.91. The predicted octanol–water partition coefficient (Wildman–Crippen LogP) is 18.5. The number of hydrogen-bond donors (Lipinski definition) is 0. The van der Waals surface area contributed by atoms with Gasteiger partial charge in [-0.1, -0.05) is 240 Å². The maximum absolute atomic E-state index is 2.63. The Morgan fingerprint density at radius 3 is 0.982 bits per heavy atom. The highest BCUT2D eigenvalue weighted by Gasteiger charge is 2.11. The topological polar surface area (TPSA) is 6.48 Å². The molecule has 0 saturated heterocycles. The first-order valence-corrected chi connectivity index (χ1v) is 28.5. The van der Waals surface area contributed by atoms with Crippen molar-refractivity contribution in [2.45, 2.75) is 258 Å². The van der Waals surface area contributed by atoms with E-state index in [2.05, 4.69) is 90.6 Å². The average molecular weight is 836 g/mol. The van der Waals surface area contributed by atoms with Crippen LogP contribution in [-0.4, -0.2) is 61.6 Å². The monoisotopic (exact) mass is 835 g/mol. The van der Waals surface area contributed by atoms with E-state index in [1.54, 1.807) is 0 Å². The fourth-order valence-electron chi connectivity index (χ4n) is 8.09. The van der Waals surface area contributed by atoms with Gasteiger partial charge in [-0.25, -0.2) is 0 Å². The van der Waals surface area contributed by atoms with Crippen molar-refractivity contribution in [3.05, 3.63) is 24.3 Å². The Morgan fingerprint density at radius 1 is 0.316 bits per heavy atom. The molecule has 0 amide bonds. The smallest absolute Gasteiger partial charge is 0.0165 e. The highest BCUT2D eigenvalue weighted by atomic mass is 33.1. The summed E-state index contributed by atoms with van der Waals surface area (Å²) in [5.41, 5.74) is 0. The molecule has 0 aromatic carbocycles. The first kappa shape index (κ1) is 57.1. The molecule has 1 atom stereocenters. The molecule has 0 radical (unpaired) electrons. The van der Waals surface area contributed by atoms with Crippen LogP contribution >= 0.6 is 21.6 Å². The molecule has 57 heavy (non-hydrogen) atoms. The normalized spacial score (nSPS) is 12.8. The van der Waals surface area contributed by atoms with E-state index >= 15 is 0 Å². The summed E-state index contributed by atoms with van der Waals surface area (Å²) in [4.78, 5) is 5.20. The quantitative estimate of drug-likeness (QED) is 0.0342. The minimum absolute atomic E-state index is 0.942. The van der Waals surface area contributed by atoms with Crippen molar-refractivity contribution in [1.29, 1.82) is 0 Å². The Bertz CT molecular complexity index is 785. The highest BCUT2D eigenvalue weighted by Crippen LogP contribution is 2.24. The van der Waals surface area contributed by atoms with Gasteiger partial charge in [0.15, 0.2) is 0 Å². The van der Waals surface area contributed by atoms with Crippen molar-refractivity contribution in [1.82, 2.24) is 9.80 Å². The predicted molar refractivity (Wildman–Crippen MR) is 270 cm³/mol. The maximum Gasteiger partial charge on any atom is 0.0165 e. The third-order valence-electron chi connectivity index (χ3n) is 12.3. The second kappa shape index (κ2) is 50.5. The van der Waals surface area contributed by atoms with Crippen molar-refractivity contribution in [2.75, 3.05) is 51.8 Å². The molecule has 0 spiro atoms. The molecule has 0 aromatic heterocycles. The summed E-state index contributed by atoms with van der Waals surface area (Å²) in [7, 11) is 8.91. The molecule has 2 nitrogen and oxygen atoms in total. The molecule has 340 valence electrons. The van der Waals surface area contributed by atoms with Crippen LogP contribution in [0, 0.1) is 5.92 Å². The van der Waals surface area contributed by atoms with E-state index in [0.29, 0.717) is 0 Å².